The lowest BCUT2D eigenvalue weighted by atomic mass is 9.95. The van der Waals surface area contributed by atoms with Crippen molar-refractivity contribution in [2.45, 2.75) is 186 Å². The van der Waals surface area contributed by atoms with E-state index < -0.39 is 102 Å². The third-order valence-electron chi connectivity index (χ3n) is 17.2. The lowest BCUT2D eigenvalue weighted by molar-refractivity contribution is -0.147. The van der Waals surface area contributed by atoms with Gasteiger partial charge in [0.25, 0.3) is 0 Å². The number of hydrogen-bond donors (Lipinski definition) is 14. The maximum Gasteiger partial charge on any atom is 0.407 e. The molecule has 4 aromatic carbocycles. The first kappa shape index (κ1) is 114. The number of ether oxygens (including phenoxy) is 2. The van der Waals surface area contributed by atoms with Crippen LogP contribution in [0.15, 0.2) is 97.1 Å². The van der Waals surface area contributed by atoms with Gasteiger partial charge in [-0.1, -0.05) is 103 Å². The zero-order valence-electron chi connectivity index (χ0n) is 63.1. The van der Waals surface area contributed by atoms with Crippen molar-refractivity contribution in [3.8, 4) is 22.3 Å². The van der Waals surface area contributed by atoms with Gasteiger partial charge in [-0.2, -0.15) is 108 Å². The van der Waals surface area contributed by atoms with Gasteiger partial charge in [0.2, 0.25) is 29.5 Å². The zero-order chi connectivity index (χ0) is 75.1. The Morgan fingerprint density at radius 1 is 0.450 bits per heavy atom. The number of Topliss-reactive ketones (excluding diaryl/α,β-unsaturated/α-hetero) is 3. The minimum Gasteiger partial charge on any atom is -0.481 e. The summed E-state index contributed by atoms with van der Waals surface area (Å²) >= 11 is 0. The molecule has 3 unspecified atom stereocenters. The number of carboxylic acid groups (broad SMARTS) is 1. The highest BCUT2D eigenvalue weighted by Crippen LogP contribution is 2.46. The van der Waals surface area contributed by atoms with Gasteiger partial charge in [-0.05, 0) is 176 Å². The second kappa shape index (κ2) is 62.4. The van der Waals surface area contributed by atoms with Gasteiger partial charge in [-0.15, -0.1) is 0 Å². The quantitative estimate of drug-likeness (QED) is 0.0238. The molecule has 4 aromatic rings. The fraction of sp³-hybridized carbons (Fsp3) is 0.527. The first-order valence-corrected chi connectivity index (χ1v) is 34.6. The summed E-state index contributed by atoms with van der Waals surface area (Å²) in [5.74, 6) is -7.52. The van der Waals surface area contributed by atoms with Gasteiger partial charge in [0.05, 0.1) is 42.1 Å². The zero-order valence-corrected chi connectivity index (χ0v) is 71.1. The van der Waals surface area contributed by atoms with Crippen LogP contribution in [0.25, 0.3) is 22.3 Å². The molecule has 9 atom stereocenters. The Kier molecular flexibility index (Phi) is 65.1. The van der Waals surface area contributed by atoms with E-state index in [0.29, 0.717) is 71.2 Å². The van der Waals surface area contributed by atoms with Crippen molar-refractivity contribution in [3.05, 3.63) is 119 Å². The SMILES string of the molecule is C1CCNCC1.CC(=O)C[C@H](C(=O)N[C@@H](CCCCN)C(N)=O)C(C)O.CC(=O)C[C@H](C(=O)N[C@@H](CCCCNC(=O)OCC1c2ccccc2-c2ccccc21)C(N)=O)C(C)O.CC(=O)C[C@H](C(=O)O)C(C)O.NC(=O)[C@@H](N)CCCCNC(=O)OCC1c2ccccc2-c2ccccc21.S.S.S.S.S.S.S.S. The molecule has 3 aliphatic rings. The maximum atomic E-state index is 12.4. The van der Waals surface area contributed by atoms with Crippen LogP contribution in [0.1, 0.15) is 172 Å². The molecule has 7 rings (SSSR count). The average Bonchev–Trinajstić information content (AvgIpc) is 1.63. The molecule has 0 spiro atoms. The Balaban J connectivity index is -0.000000327. The maximum absolute atomic E-state index is 12.4. The van der Waals surface area contributed by atoms with Crippen molar-refractivity contribution in [2.75, 3.05) is 45.9 Å². The number of ketones is 3. The van der Waals surface area contributed by atoms with Crippen LogP contribution in [-0.4, -0.2) is 168 Å². The molecule has 2 aliphatic carbocycles. The van der Waals surface area contributed by atoms with Crippen molar-refractivity contribution in [3.63, 3.8) is 0 Å². The highest BCUT2D eigenvalue weighted by molar-refractivity contribution is 7.60. The van der Waals surface area contributed by atoms with E-state index in [1.165, 1.54) is 96.1 Å². The third-order valence-corrected chi connectivity index (χ3v) is 17.2. The number of aliphatic hydroxyl groups excluding tert-OH is 3. The van der Waals surface area contributed by atoms with Crippen molar-refractivity contribution in [1.82, 2.24) is 26.6 Å². The molecule has 0 bridgehead atoms. The Bertz CT molecular complexity index is 3260. The molecule has 1 fully saturated rings. The number of carbonyl (C=O) groups excluding carboxylic acids is 10. The van der Waals surface area contributed by atoms with Crippen LogP contribution in [-0.2, 0) is 52.6 Å². The number of amides is 7. The fourth-order valence-electron chi connectivity index (χ4n) is 11.6. The number of benzene rings is 4. The van der Waals surface area contributed by atoms with Crippen molar-refractivity contribution < 1.29 is 82.6 Å². The van der Waals surface area contributed by atoms with Crippen LogP contribution >= 0.6 is 108 Å². The molecular weight excluding hydrogens is 1560 g/mol. The van der Waals surface area contributed by atoms with E-state index in [2.05, 4.69) is 75.1 Å². The third kappa shape index (κ3) is 42.3. The number of hydrogen-bond acceptors (Lipinski definition) is 19. The molecule has 27 nitrogen and oxygen atoms in total. The number of primary amides is 3. The molecule has 620 valence electrons. The summed E-state index contributed by atoms with van der Waals surface area (Å²) in [6, 6.07) is 30.3. The van der Waals surface area contributed by atoms with Crippen LogP contribution in [0.4, 0.5) is 9.59 Å². The largest absolute Gasteiger partial charge is 0.481 e. The molecular formula is C74H124N10O17S8. The van der Waals surface area contributed by atoms with Crippen molar-refractivity contribution in [2.24, 2.45) is 46.4 Å². The normalized spacial score (nSPS) is 14.0. The Morgan fingerprint density at radius 3 is 1.00 bits per heavy atom. The lowest BCUT2D eigenvalue weighted by Gasteiger charge is -2.22. The number of rotatable bonds is 35. The van der Waals surface area contributed by atoms with Crippen LogP contribution in [0.2, 0.25) is 0 Å². The molecule has 1 heterocycles. The average molecular weight is 1680 g/mol. The molecule has 0 radical (unpaired) electrons. The van der Waals surface area contributed by atoms with Gasteiger partial charge in [-0.3, -0.25) is 28.8 Å². The lowest BCUT2D eigenvalue weighted by Crippen LogP contribution is -2.48. The molecule has 1 aliphatic heterocycles. The number of alkyl carbamates (subject to hydrolysis) is 2. The van der Waals surface area contributed by atoms with E-state index in [4.69, 9.17) is 48.4 Å². The van der Waals surface area contributed by atoms with E-state index in [-0.39, 0.29) is 169 Å². The minimum atomic E-state index is -1.13. The van der Waals surface area contributed by atoms with Crippen molar-refractivity contribution >= 4 is 173 Å². The standard InChI is InChI=1S/C28H35N3O6.C21H25N3O3.C13H25N3O4.C7H12O4.C5H11N.8H2S/c1-17(32)15-23(18(2)33)27(35)31-25(26(29)34)13-7-8-14-30-28(36)37-16-24-21-11-5-3-9-19(21)20-10-4-6-12-22(20)24;22-19(20(23)25)11-5-6-12-24-21(26)27-13-18-16-9-3-1-7-14(16)15-8-2-4-10-17(15)18;1-8(17)7-10(9(2)18)13(20)16-11(12(15)19)5-3-4-6-14;1-4(8)3-6(5(2)9)7(10)11;1-2-4-6-5-3-1;;;;;;;;/h3-6,9-12,18,23-25,33H,7-8,13-16H2,1-2H3,(H2,29,34)(H,30,36)(H,31,35);1-4,7-10,18-19H,5-6,11-13,22H2,(H2,23,25)(H,24,26);9-11,18H,3-7,14H2,1-2H3,(H2,15,19)(H,16,20);5-6,9H,3H2,1-2H3,(H,10,11);6H,1-5H2;8*1H2/t18?,23-,25-;19-;9?,10-,11-;5?,6-;;;;;;;;;/m0000........./s1. The fourth-order valence-corrected chi connectivity index (χ4v) is 11.6. The number of nitrogens with two attached hydrogens (primary N) is 5. The number of piperidine rings is 1. The predicted molar refractivity (Wildman–Crippen MR) is 465 cm³/mol. The smallest absolute Gasteiger partial charge is 0.407 e. The number of aliphatic carboxylic acids is 1. The first-order chi connectivity index (χ1) is 48.0. The molecule has 0 aromatic heterocycles. The van der Waals surface area contributed by atoms with Crippen molar-refractivity contribution in [1.29, 1.82) is 0 Å². The summed E-state index contributed by atoms with van der Waals surface area (Å²) < 4.78 is 11.0. The highest BCUT2D eigenvalue weighted by atomic mass is 32.1. The summed E-state index contributed by atoms with van der Waals surface area (Å²) in [5, 5.41) is 50.5. The van der Waals surface area contributed by atoms with E-state index in [1.807, 2.05) is 48.5 Å². The summed E-state index contributed by atoms with van der Waals surface area (Å²) in [4.78, 5) is 126. The van der Waals surface area contributed by atoms with Gasteiger partial charge in [0, 0.05) is 44.2 Å². The summed E-state index contributed by atoms with van der Waals surface area (Å²) in [7, 11) is 0. The topological polar surface area (TPSA) is 477 Å². The predicted octanol–water partition coefficient (Wildman–Crippen LogP) is 5.92. The van der Waals surface area contributed by atoms with Crippen LogP contribution < -0.4 is 55.3 Å². The van der Waals surface area contributed by atoms with E-state index in [1.54, 1.807) is 0 Å². The number of unbranched alkanes of at least 4 members (excludes halogenated alkanes) is 3. The molecule has 1 saturated heterocycles. The molecule has 7 amide bonds. The second-order valence-electron chi connectivity index (χ2n) is 25.6. The van der Waals surface area contributed by atoms with E-state index >= 15 is 0 Å². The second-order valence-corrected chi connectivity index (χ2v) is 25.6. The highest BCUT2D eigenvalue weighted by Gasteiger charge is 2.33. The number of carboxylic acids is 1. The number of aliphatic hydroxyl groups is 3. The van der Waals surface area contributed by atoms with Crippen LogP contribution in [0.5, 0.6) is 0 Å². The van der Waals surface area contributed by atoms with Gasteiger partial charge >= 0.3 is 18.2 Å². The molecule has 0 saturated carbocycles. The molecule has 109 heavy (non-hydrogen) atoms. The summed E-state index contributed by atoms with van der Waals surface area (Å²) in [5.41, 5.74) is 36.1. The Hall–Kier alpha value is -6.19. The summed E-state index contributed by atoms with van der Waals surface area (Å²) in [6.45, 7) is 12.5. The van der Waals surface area contributed by atoms with Crippen LogP contribution in [0.3, 0.4) is 0 Å². The number of carbonyl (C=O) groups is 11. The summed E-state index contributed by atoms with van der Waals surface area (Å²) in [6.07, 6.45) is 5.00. The van der Waals surface area contributed by atoms with Gasteiger partial charge in [0.15, 0.2) is 0 Å². The Morgan fingerprint density at radius 2 is 0.752 bits per heavy atom. The number of nitrogens with one attached hydrogen (secondary N) is 5. The molecule has 35 heteroatoms. The Labute approximate surface area is 697 Å². The minimum absolute atomic E-state index is 0. The molecule has 19 N–H and O–H groups in total. The monoisotopic (exact) mass is 1680 g/mol. The van der Waals surface area contributed by atoms with Gasteiger partial charge in [0.1, 0.15) is 42.6 Å². The van der Waals surface area contributed by atoms with E-state index in [9.17, 15) is 63.0 Å². The van der Waals surface area contributed by atoms with Gasteiger partial charge < -0.3 is 99.5 Å². The number of fused-ring (bicyclic) bond motifs is 6. The van der Waals surface area contributed by atoms with E-state index in [0.717, 1.165) is 28.7 Å². The van der Waals surface area contributed by atoms with Crippen LogP contribution in [0, 0.1) is 17.8 Å². The first-order valence-electron chi connectivity index (χ1n) is 34.6. The van der Waals surface area contributed by atoms with Gasteiger partial charge in [-0.25, -0.2) is 9.59 Å².